The molecule has 0 radical (unpaired) electrons. The summed E-state index contributed by atoms with van der Waals surface area (Å²) in [4.78, 5) is 10.3. The van der Waals surface area contributed by atoms with Crippen LogP contribution in [0.15, 0.2) is 29.4 Å². The van der Waals surface area contributed by atoms with Crippen molar-refractivity contribution in [3.8, 4) is 0 Å². The fourth-order valence-electron chi connectivity index (χ4n) is 1.67. The summed E-state index contributed by atoms with van der Waals surface area (Å²) in [6.45, 7) is 5.28. The summed E-state index contributed by atoms with van der Waals surface area (Å²) in [5.41, 5.74) is 0.964. The molecule has 0 aliphatic rings. The molecule has 2 rings (SSSR count). The first kappa shape index (κ1) is 13.9. The number of benzene rings is 1. The molecule has 8 heteroatoms. The summed E-state index contributed by atoms with van der Waals surface area (Å²) in [6.07, 6.45) is 2.59. The third kappa shape index (κ3) is 3.09. The SMILES string of the molecule is C=CCCOCCNc1ccc([N+](=O)[O-])c2nonc12. The number of hydrogen-bond acceptors (Lipinski definition) is 7. The Labute approximate surface area is 114 Å². The number of ether oxygens (including phenoxy) is 1. The lowest BCUT2D eigenvalue weighted by Crippen LogP contribution is -2.10. The molecule has 1 aromatic carbocycles. The van der Waals surface area contributed by atoms with E-state index >= 15 is 0 Å². The van der Waals surface area contributed by atoms with Crippen LogP contribution in [-0.4, -0.2) is 35.0 Å². The molecule has 0 saturated carbocycles. The normalized spacial score (nSPS) is 10.6. The Morgan fingerprint density at radius 2 is 2.20 bits per heavy atom. The van der Waals surface area contributed by atoms with Gasteiger partial charge in [-0.25, -0.2) is 4.63 Å². The Kier molecular flexibility index (Phi) is 4.61. The van der Waals surface area contributed by atoms with E-state index in [4.69, 9.17) is 4.74 Å². The second kappa shape index (κ2) is 6.62. The average Bonchev–Trinajstić information content (AvgIpc) is 2.91. The largest absolute Gasteiger partial charge is 0.381 e. The topological polar surface area (TPSA) is 103 Å². The van der Waals surface area contributed by atoms with E-state index in [0.717, 1.165) is 6.42 Å². The summed E-state index contributed by atoms with van der Waals surface area (Å²) in [5.74, 6) is 0. The van der Waals surface area contributed by atoms with Crippen molar-refractivity contribution in [3.63, 3.8) is 0 Å². The van der Waals surface area contributed by atoms with Crippen LogP contribution < -0.4 is 5.32 Å². The lowest BCUT2D eigenvalue weighted by atomic mass is 10.2. The molecule has 106 valence electrons. The molecule has 0 aliphatic carbocycles. The van der Waals surface area contributed by atoms with Crippen molar-refractivity contribution in [1.29, 1.82) is 0 Å². The van der Waals surface area contributed by atoms with Gasteiger partial charge in [-0.15, -0.1) is 6.58 Å². The van der Waals surface area contributed by atoms with Crippen LogP contribution in [0.1, 0.15) is 6.42 Å². The summed E-state index contributed by atoms with van der Waals surface area (Å²) in [5, 5.41) is 21.2. The lowest BCUT2D eigenvalue weighted by Gasteiger charge is -2.06. The Morgan fingerprint density at radius 1 is 1.40 bits per heavy atom. The van der Waals surface area contributed by atoms with Crippen LogP contribution >= 0.6 is 0 Å². The number of nitrogens with zero attached hydrogens (tertiary/aromatic N) is 3. The van der Waals surface area contributed by atoms with E-state index in [2.05, 4.69) is 26.8 Å². The lowest BCUT2D eigenvalue weighted by molar-refractivity contribution is -0.383. The number of nitrogens with one attached hydrogen (secondary N) is 1. The second-order valence-corrected chi connectivity index (χ2v) is 3.97. The summed E-state index contributed by atoms with van der Waals surface area (Å²) < 4.78 is 9.92. The minimum Gasteiger partial charge on any atom is -0.381 e. The smallest absolute Gasteiger partial charge is 0.300 e. The highest BCUT2D eigenvalue weighted by molar-refractivity contribution is 5.93. The zero-order valence-corrected chi connectivity index (χ0v) is 10.7. The number of non-ortho nitro benzene ring substituents is 1. The van der Waals surface area contributed by atoms with E-state index in [9.17, 15) is 10.1 Å². The molecule has 0 saturated heterocycles. The van der Waals surface area contributed by atoms with Gasteiger partial charge in [0, 0.05) is 12.6 Å². The minimum absolute atomic E-state index is 0.131. The standard InChI is InChI=1S/C12H14N4O4/c1-2-3-7-19-8-6-13-9-4-5-10(16(17)18)12-11(9)14-20-15-12/h2,4-5,13H,1,3,6-8H2. The van der Waals surface area contributed by atoms with Crippen molar-refractivity contribution in [2.45, 2.75) is 6.42 Å². The van der Waals surface area contributed by atoms with Crippen LogP contribution in [0.3, 0.4) is 0 Å². The van der Waals surface area contributed by atoms with E-state index in [-0.39, 0.29) is 11.2 Å². The average molecular weight is 278 g/mol. The van der Waals surface area contributed by atoms with Gasteiger partial charge in [-0.2, -0.15) is 0 Å². The highest BCUT2D eigenvalue weighted by Crippen LogP contribution is 2.28. The van der Waals surface area contributed by atoms with Crippen LogP contribution in [0.4, 0.5) is 11.4 Å². The first-order valence-corrected chi connectivity index (χ1v) is 6.06. The molecular formula is C12H14N4O4. The van der Waals surface area contributed by atoms with Gasteiger partial charge in [0.25, 0.3) is 0 Å². The van der Waals surface area contributed by atoms with Crippen molar-refractivity contribution in [1.82, 2.24) is 10.3 Å². The first-order valence-electron chi connectivity index (χ1n) is 6.06. The van der Waals surface area contributed by atoms with Gasteiger partial charge in [-0.3, -0.25) is 10.1 Å². The van der Waals surface area contributed by atoms with Crippen LogP contribution in [0.25, 0.3) is 11.0 Å². The molecule has 8 nitrogen and oxygen atoms in total. The van der Waals surface area contributed by atoms with Gasteiger partial charge in [0.15, 0.2) is 5.52 Å². The number of nitro benzene ring substituents is 1. The predicted molar refractivity (Wildman–Crippen MR) is 72.6 cm³/mol. The Balaban J connectivity index is 2.01. The molecule has 0 fully saturated rings. The Morgan fingerprint density at radius 3 is 2.95 bits per heavy atom. The van der Waals surface area contributed by atoms with Crippen LogP contribution in [-0.2, 0) is 4.74 Å². The number of nitro groups is 1. The van der Waals surface area contributed by atoms with E-state index < -0.39 is 4.92 Å². The van der Waals surface area contributed by atoms with Crippen molar-refractivity contribution in [2.24, 2.45) is 0 Å². The van der Waals surface area contributed by atoms with Gasteiger partial charge in [-0.05, 0) is 22.8 Å². The molecule has 0 aliphatic heterocycles. The third-order valence-corrected chi connectivity index (χ3v) is 2.62. The van der Waals surface area contributed by atoms with E-state index in [1.54, 1.807) is 12.1 Å². The van der Waals surface area contributed by atoms with Crippen LogP contribution in [0.2, 0.25) is 0 Å². The van der Waals surface area contributed by atoms with Gasteiger partial charge in [-0.1, -0.05) is 6.08 Å². The van der Waals surface area contributed by atoms with Crippen molar-refractivity contribution in [2.75, 3.05) is 25.1 Å². The molecular weight excluding hydrogens is 264 g/mol. The molecule has 0 bridgehead atoms. The molecule has 2 aromatic rings. The van der Waals surface area contributed by atoms with Crippen molar-refractivity contribution in [3.05, 3.63) is 34.9 Å². The number of fused-ring (bicyclic) bond motifs is 1. The summed E-state index contributed by atoms with van der Waals surface area (Å²) >= 11 is 0. The fraction of sp³-hybridized carbons (Fsp3) is 0.333. The Bertz CT molecular complexity index is 611. The molecule has 1 heterocycles. The number of anilines is 1. The van der Waals surface area contributed by atoms with Crippen molar-refractivity contribution < 1.29 is 14.3 Å². The monoisotopic (exact) mass is 278 g/mol. The molecule has 20 heavy (non-hydrogen) atoms. The molecule has 0 unspecified atom stereocenters. The van der Waals surface area contributed by atoms with Crippen LogP contribution in [0, 0.1) is 10.1 Å². The molecule has 1 aromatic heterocycles. The highest BCUT2D eigenvalue weighted by Gasteiger charge is 2.19. The van der Waals surface area contributed by atoms with Crippen molar-refractivity contribution >= 4 is 22.4 Å². The highest BCUT2D eigenvalue weighted by atomic mass is 16.6. The fourth-order valence-corrected chi connectivity index (χ4v) is 1.67. The number of rotatable bonds is 8. The predicted octanol–water partition coefficient (Wildman–Crippen LogP) is 2.14. The van der Waals surface area contributed by atoms with Gasteiger partial charge < -0.3 is 10.1 Å². The van der Waals surface area contributed by atoms with E-state index in [0.29, 0.717) is 31.0 Å². The first-order chi connectivity index (χ1) is 9.74. The zero-order chi connectivity index (χ0) is 14.4. The quantitative estimate of drug-likeness (QED) is 0.341. The van der Waals surface area contributed by atoms with Gasteiger partial charge >= 0.3 is 5.69 Å². The number of hydrogen-bond donors (Lipinski definition) is 1. The maximum atomic E-state index is 10.8. The van der Waals surface area contributed by atoms with Crippen LogP contribution in [0.5, 0.6) is 0 Å². The van der Waals surface area contributed by atoms with E-state index in [1.165, 1.54) is 6.07 Å². The molecule has 0 atom stereocenters. The summed E-state index contributed by atoms with van der Waals surface area (Å²) in [6, 6.07) is 2.95. The molecule has 1 N–H and O–H groups in total. The number of aromatic nitrogens is 2. The van der Waals surface area contributed by atoms with Gasteiger partial charge in [0.05, 0.1) is 23.8 Å². The second-order valence-electron chi connectivity index (χ2n) is 3.97. The molecule has 0 amide bonds. The summed E-state index contributed by atoms with van der Waals surface area (Å²) in [7, 11) is 0. The van der Waals surface area contributed by atoms with E-state index in [1.807, 2.05) is 0 Å². The van der Waals surface area contributed by atoms with Gasteiger partial charge in [0.1, 0.15) is 0 Å². The third-order valence-electron chi connectivity index (χ3n) is 2.62. The zero-order valence-electron chi connectivity index (χ0n) is 10.7. The Hall–Kier alpha value is -2.48. The maximum absolute atomic E-state index is 10.8. The van der Waals surface area contributed by atoms with Gasteiger partial charge in [0.2, 0.25) is 5.52 Å². The molecule has 0 spiro atoms. The minimum atomic E-state index is -0.519. The maximum Gasteiger partial charge on any atom is 0.300 e.